The summed E-state index contributed by atoms with van der Waals surface area (Å²) in [4.78, 5) is 14.4. The number of nitrogens with zero attached hydrogens (tertiary/aromatic N) is 1. The van der Waals surface area contributed by atoms with E-state index in [4.69, 9.17) is 22.4 Å². The van der Waals surface area contributed by atoms with Gasteiger partial charge in [0.2, 0.25) is 0 Å². The second-order valence-electron chi connectivity index (χ2n) is 3.00. The Morgan fingerprint density at radius 3 is 2.94 bits per heavy atom. The maximum atomic E-state index is 10.3. The number of carboxylic acid groups (broad SMARTS) is 1. The van der Waals surface area contributed by atoms with Crippen LogP contribution in [0.25, 0.3) is 6.08 Å². The molecular formula is C11H11ClN2O2. The Kier molecular flexibility index (Phi) is 4.54. The number of rotatable bonds is 4. The lowest BCUT2D eigenvalue weighted by atomic mass is 10.2. The highest BCUT2D eigenvalue weighted by molar-refractivity contribution is 6.28. The maximum Gasteiger partial charge on any atom is 0.328 e. The molecule has 1 aromatic rings. The Labute approximate surface area is 98.1 Å². The topological polar surface area (TPSA) is 75.7 Å². The first-order chi connectivity index (χ1) is 7.61. The van der Waals surface area contributed by atoms with Gasteiger partial charge in [0.25, 0.3) is 0 Å². The Hall–Kier alpha value is -1.81. The number of hydrogen-bond donors (Lipinski definition) is 2. The van der Waals surface area contributed by atoms with E-state index in [0.29, 0.717) is 11.5 Å². The lowest BCUT2D eigenvalue weighted by Crippen LogP contribution is -2.12. The number of aliphatic carboxylic acids is 1. The first-order valence-electron chi connectivity index (χ1n) is 4.52. The fourth-order valence-corrected chi connectivity index (χ4v) is 1.12. The highest BCUT2D eigenvalue weighted by Crippen LogP contribution is 2.15. The van der Waals surface area contributed by atoms with Crippen LogP contribution in [0.1, 0.15) is 5.56 Å². The molecule has 0 saturated heterocycles. The number of nitrogens with two attached hydrogens (primary N) is 1. The zero-order valence-corrected chi connectivity index (χ0v) is 9.19. The molecule has 16 heavy (non-hydrogen) atoms. The molecule has 0 unspecified atom stereocenters. The van der Waals surface area contributed by atoms with Crippen LogP contribution in [0.4, 0.5) is 5.69 Å². The van der Waals surface area contributed by atoms with Crippen molar-refractivity contribution in [2.75, 3.05) is 5.88 Å². The summed E-state index contributed by atoms with van der Waals surface area (Å²) in [5.41, 5.74) is 6.87. The Balaban J connectivity index is 2.91. The molecule has 5 heteroatoms. The number of halogens is 1. The van der Waals surface area contributed by atoms with Crippen LogP contribution in [-0.2, 0) is 4.79 Å². The third-order valence-corrected chi connectivity index (χ3v) is 1.97. The van der Waals surface area contributed by atoms with Crippen molar-refractivity contribution in [3.8, 4) is 0 Å². The van der Waals surface area contributed by atoms with E-state index in [0.717, 1.165) is 11.6 Å². The third kappa shape index (κ3) is 4.14. The number of hydrogen-bond acceptors (Lipinski definition) is 2. The van der Waals surface area contributed by atoms with E-state index in [1.165, 1.54) is 6.08 Å². The normalized spacial score (nSPS) is 11.9. The molecule has 1 aromatic carbocycles. The molecule has 0 bridgehead atoms. The molecule has 0 aliphatic heterocycles. The largest absolute Gasteiger partial charge is 0.478 e. The van der Waals surface area contributed by atoms with Crippen molar-refractivity contribution in [2.24, 2.45) is 10.7 Å². The molecule has 0 aromatic heterocycles. The molecule has 1 rings (SSSR count). The van der Waals surface area contributed by atoms with Crippen molar-refractivity contribution in [3.05, 3.63) is 35.9 Å². The second kappa shape index (κ2) is 5.92. The number of alkyl halides is 1. The van der Waals surface area contributed by atoms with E-state index >= 15 is 0 Å². The van der Waals surface area contributed by atoms with Crippen molar-refractivity contribution in [3.63, 3.8) is 0 Å². The molecule has 3 N–H and O–H groups in total. The van der Waals surface area contributed by atoms with Gasteiger partial charge in [-0.25, -0.2) is 9.79 Å². The van der Waals surface area contributed by atoms with Gasteiger partial charge in [0.1, 0.15) is 5.84 Å². The van der Waals surface area contributed by atoms with Crippen LogP contribution in [0.15, 0.2) is 35.3 Å². The fraction of sp³-hybridized carbons (Fsp3) is 0.0909. The summed E-state index contributed by atoms with van der Waals surface area (Å²) < 4.78 is 0. The predicted molar refractivity (Wildman–Crippen MR) is 65.1 cm³/mol. The summed E-state index contributed by atoms with van der Waals surface area (Å²) in [5, 5.41) is 8.48. The van der Waals surface area contributed by atoms with Gasteiger partial charge in [-0.15, -0.1) is 11.6 Å². The fourth-order valence-electron chi connectivity index (χ4n) is 1.06. The van der Waals surface area contributed by atoms with E-state index in [-0.39, 0.29) is 5.88 Å². The molecule has 0 spiro atoms. The lowest BCUT2D eigenvalue weighted by Gasteiger charge is -1.98. The SMILES string of the molecule is NC(CCl)=Nc1cccc(C=CC(=O)O)c1. The number of carboxylic acids is 1. The van der Waals surface area contributed by atoms with Crippen LogP contribution >= 0.6 is 11.6 Å². The molecule has 0 radical (unpaired) electrons. The molecule has 0 aliphatic rings. The smallest absolute Gasteiger partial charge is 0.328 e. The van der Waals surface area contributed by atoms with Crippen LogP contribution < -0.4 is 5.73 Å². The van der Waals surface area contributed by atoms with Gasteiger partial charge < -0.3 is 10.8 Å². The van der Waals surface area contributed by atoms with Crippen molar-refractivity contribution in [2.45, 2.75) is 0 Å². The van der Waals surface area contributed by atoms with Crippen LogP contribution in [0.5, 0.6) is 0 Å². The van der Waals surface area contributed by atoms with E-state index in [1.54, 1.807) is 24.3 Å². The molecule has 0 fully saturated rings. The van der Waals surface area contributed by atoms with Crippen molar-refractivity contribution in [1.82, 2.24) is 0 Å². The van der Waals surface area contributed by atoms with Gasteiger partial charge in [-0.2, -0.15) is 0 Å². The first kappa shape index (κ1) is 12.3. The van der Waals surface area contributed by atoms with E-state index in [1.807, 2.05) is 0 Å². The van der Waals surface area contributed by atoms with E-state index in [9.17, 15) is 4.79 Å². The summed E-state index contributed by atoms with van der Waals surface area (Å²) >= 11 is 5.50. The standard InChI is InChI=1S/C11H11ClN2O2/c12-7-10(13)14-9-3-1-2-8(6-9)4-5-11(15)16/h1-6H,7H2,(H2,13,14)(H,15,16). The summed E-state index contributed by atoms with van der Waals surface area (Å²) in [6.45, 7) is 0. The molecule has 0 heterocycles. The number of amidine groups is 1. The van der Waals surface area contributed by atoms with Gasteiger partial charge in [-0.1, -0.05) is 12.1 Å². The summed E-state index contributed by atoms with van der Waals surface area (Å²) in [5.74, 6) is -0.509. The van der Waals surface area contributed by atoms with Gasteiger partial charge in [-0.3, -0.25) is 0 Å². The average Bonchev–Trinajstić information content (AvgIpc) is 2.26. The van der Waals surface area contributed by atoms with Crippen molar-refractivity contribution >= 4 is 35.2 Å². The molecule has 84 valence electrons. The first-order valence-corrected chi connectivity index (χ1v) is 5.05. The molecule has 0 saturated carbocycles. The van der Waals surface area contributed by atoms with Gasteiger partial charge >= 0.3 is 5.97 Å². The van der Waals surface area contributed by atoms with Crippen molar-refractivity contribution in [1.29, 1.82) is 0 Å². The minimum atomic E-state index is -0.992. The molecule has 0 amide bonds. The zero-order chi connectivity index (χ0) is 12.0. The number of benzene rings is 1. The monoisotopic (exact) mass is 238 g/mol. The third-order valence-electron chi connectivity index (χ3n) is 1.70. The second-order valence-corrected chi connectivity index (χ2v) is 3.27. The van der Waals surface area contributed by atoms with Gasteiger partial charge in [0.15, 0.2) is 0 Å². The summed E-state index contributed by atoms with van der Waals surface area (Å²) in [7, 11) is 0. The van der Waals surface area contributed by atoms with Crippen LogP contribution in [-0.4, -0.2) is 22.8 Å². The minimum Gasteiger partial charge on any atom is -0.478 e. The minimum absolute atomic E-state index is 0.162. The van der Waals surface area contributed by atoms with Crippen LogP contribution in [0.3, 0.4) is 0 Å². The Bertz CT molecular complexity index is 441. The Morgan fingerprint density at radius 2 is 2.31 bits per heavy atom. The van der Waals surface area contributed by atoms with Gasteiger partial charge in [0.05, 0.1) is 11.6 Å². The van der Waals surface area contributed by atoms with Crippen LogP contribution in [0.2, 0.25) is 0 Å². The van der Waals surface area contributed by atoms with Crippen LogP contribution in [0, 0.1) is 0 Å². The number of aliphatic imine (C=N–C) groups is 1. The highest BCUT2D eigenvalue weighted by Gasteiger charge is 1.94. The van der Waals surface area contributed by atoms with E-state index < -0.39 is 5.97 Å². The van der Waals surface area contributed by atoms with Gasteiger partial charge in [-0.05, 0) is 23.8 Å². The molecule has 0 atom stereocenters. The van der Waals surface area contributed by atoms with Gasteiger partial charge in [0, 0.05) is 6.08 Å². The average molecular weight is 239 g/mol. The molecular weight excluding hydrogens is 228 g/mol. The predicted octanol–water partition coefficient (Wildman–Crippen LogP) is 2.01. The quantitative estimate of drug-likeness (QED) is 0.365. The zero-order valence-electron chi connectivity index (χ0n) is 8.43. The molecule has 0 aliphatic carbocycles. The lowest BCUT2D eigenvalue weighted by molar-refractivity contribution is -0.131. The molecule has 4 nitrogen and oxygen atoms in total. The summed E-state index contributed by atoms with van der Waals surface area (Å²) in [6, 6.07) is 7.02. The number of carbonyl (C=O) groups is 1. The van der Waals surface area contributed by atoms with E-state index in [2.05, 4.69) is 4.99 Å². The highest BCUT2D eigenvalue weighted by atomic mass is 35.5. The maximum absolute atomic E-state index is 10.3. The van der Waals surface area contributed by atoms with Crippen molar-refractivity contribution < 1.29 is 9.90 Å². The Morgan fingerprint density at radius 1 is 1.56 bits per heavy atom. The summed E-state index contributed by atoms with van der Waals surface area (Å²) in [6.07, 6.45) is 2.55.